The van der Waals surface area contributed by atoms with Crippen LogP contribution in [-0.4, -0.2) is 56.0 Å². The molecule has 5 rings (SSSR count). The number of likely N-dealkylation sites (N-methyl/N-ethyl adjacent to an activating group) is 1. The van der Waals surface area contributed by atoms with Gasteiger partial charge in [-0.25, -0.2) is 9.97 Å². The van der Waals surface area contributed by atoms with E-state index in [9.17, 15) is 0 Å². The second kappa shape index (κ2) is 5.62. The lowest BCUT2D eigenvalue weighted by molar-refractivity contribution is 0.486. The number of benzene rings is 1. The molecular weight excluding hydrogens is 328 g/mol. The number of aromatic nitrogens is 6. The van der Waals surface area contributed by atoms with Crippen LogP contribution in [0, 0.1) is 6.92 Å². The van der Waals surface area contributed by atoms with Gasteiger partial charge in [0.05, 0.1) is 22.8 Å². The Morgan fingerprint density at radius 1 is 1.04 bits per heavy atom. The predicted molar refractivity (Wildman–Crippen MR) is 99.5 cm³/mol. The molecule has 0 aliphatic carbocycles. The number of rotatable bonds is 3. The topological polar surface area (TPSA) is 75.3 Å². The van der Waals surface area contributed by atoms with Gasteiger partial charge in [0.25, 0.3) is 0 Å². The molecule has 1 aromatic carbocycles. The van der Waals surface area contributed by atoms with Crippen LogP contribution in [0.15, 0.2) is 42.7 Å². The van der Waals surface area contributed by atoms with Crippen molar-refractivity contribution in [1.29, 1.82) is 0 Å². The van der Waals surface area contributed by atoms with E-state index in [0.29, 0.717) is 6.04 Å². The zero-order valence-corrected chi connectivity index (χ0v) is 14.6. The minimum absolute atomic E-state index is 0.377. The number of para-hydroxylation sites is 2. The highest BCUT2D eigenvalue weighted by molar-refractivity contribution is 5.76. The molecule has 3 aromatic heterocycles. The molecule has 0 amide bonds. The molecule has 0 unspecified atom stereocenters. The average molecular weight is 346 g/mol. The van der Waals surface area contributed by atoms with Gasteiger partial charge in [-0.2, -0.15) is 4.52 Å². The van der Waals surface area contributed by atoms with Gasteiger partial charge in [0, 0.05) is 20.1 Å². The Morgan fingerprint density at radius 2 is 1.81 bits per heavy atom. The van der Waals surface area contributed by atoms with E-state index in [1.807, 2.05) is 43.3 Å². The molecule has 8 nitrogen and oxygen atoms in total. The Hall–Kier alpha value is -3.29. The van der Waals surface area contributed by atoms with Crippen molar-refractivity contribution < 1.29 is 0 Å². The molecule has 4 heterocycles. The van der Waals surface area contributed by atoms with Crippen LogP contribution in [0.3, 0.4) is 0 Å². The Kier molecular flexibility index (Phi) is 3.24. The molecule has 130 valence electrons. The summed E-state index contributed by atoms with van der Waals surface area (Å²) in [6, 6.07) is 12.3. The first-order valence-corrected chi connectivity index (χ1v) is 8.57. The van der Waals surface area contributed by atoms with Crippen LogP contribution >= 0.6 is 0 Å². The molecule has 1 saturated heterocycles. The summed E-state index contributed by atoms with van der Waals surface area (Å²) in [6.07, 6.45) is 1.62. The molecule has 8 heteroatoms. The Balaban J connectivity index is 1.36. The van der Waals surface area contributed by atoms with Crippen molar-refractivity contribution in [2.24, 2.45) is 0 Å². The van der Waals surface area contributed by atoms with Gasteiger partial charge >= 0.3 is 0 Å². The van der Waals surface area contributed by atoms with E-state index in [-0.39, 0.29) is 0 Å². The fourth-order valence-corrected chi connectivity index (χ4v) is 3.36. The number of fused-ring (bicyclic) bond motifs is 2. The van der Waals surface area contributed by atoms with Gasteiger partial charge in [0.15, 0.2) is 11.5 Å². The van der Waals surface area contributed by atoms with Gasteiger partial charge in [0.2, 0.25) is 0 Å². The number of hydrogen-bond acceptors (Lipinski definition) is 7. The van der Waals surface area contributed by atoms with Crippen LogP contribution in [0.4, 0.5) is 11.6 Å². The molecule has 26 heavy (non-hydrogen) atoms. The van der Waals surface area contributed by atoms with E-state index >= 15 is 0 Å². The quantitative estimate of drug-likeness (QED) is 0.559. The molecule has 0 saturated carbocycles. The summed E-state index contributed by atoms with van der Waals surface area (Å²) < 4.78 is 1.70. The zero-order chi connectivity index (χ0) is 17.7. The van der Waals surface area contributed by atoms with E-state index in [1.165, 1.54) is 0 Å². The van der Waals surface area contributed by atoms with Gasteiger partial charge in [0.1, 0.15) is 12.1 Å². The zero-order valence-electron chi connectivity index (χ0n) is 14.6. The highest BCUT2D eigenvalue weighted by Gasteiger charge is 2.32. The lowest BCUT2D eigenvalue weighted by Crippen LogP contribution is -2.59. The summed E-state index contributed by atoms with van der Waals surface area (Å²) in [4.78, 5) is 14.0. The van der Waals surface area contributed by atoms with Crippen LogP contribution in [0.5, 0.6) is 0 Å². The molecule has 0 bridgehead atoms. The summed E-state index contributed by atoms with van der Waals surface area (Å²) in [7, 11) is 2.09. The number of aryl methyl sites for hydroxylation is 1. The smallest absolute Gasteiger partial charge is 0.177 e. The summed E-state index contributed by atoms with van der Waals surface area (Å²) in [5.74, 6) is 1.87. The van der Waals surface area contributed by atoms with Gasteiger partial charge in [-0.3, -0.25) is 0 Å². The maximum Gasteiger partial charge on any atom is 0.177 e. The molecule has 0 spiro atoms. The van der Waals surface area contributed by atoms with Crippen molar-refractivity contribution in [1.82, 2.24) is 29.8 Å². The van der Waals surface area contributed by atoms with Gasteiger partial charge in [-0.05, 0) is 31.2 Å². The van der Waals surface area contributed by atoms with Gasteiger partial charge in [-0.15, -0.1) is 15.3 Å². The van der Waals surface area contributed by atoms with Crippen molar-refractivity contribution in [2.75, 3.05) is 29.9 Å². The van der Waals surface area contributed by atoms with Crippen molar-refractivity contribution in [3.05, 3.63) is 48.4 Å². The second-order valence-corrected chi connectivity index (χ2v) is 6.62. The van der Waals surface area contributed by atoms with Crippen LogP contribution < -0.4 is 9.80 Å². The number of anilines is 2. The van der Waals surface area contributed by atoms with E-state index in [0.717, 1.165) is 47.1 Å². The number of hydrogen-bond donors (Lipinski definition) is 0. The molecule has 1 fully saturated rings. The Bertz CT molecular complexity index is 1100. The SMILES string of the molecule is Cc1nc2ccccc2nc1N(C)C1CN(c2ccc3nncn3n2)C1. The first kappa shape index (κ1) is 15.0. The maximum absolute atomic E-state index is 4.82. The lowest BCUT2D eigenvalue weighted by Gasteiger charge is -2.45. The minimum Gasteiger partial charge on any atom is -0.352 e. The fraction of sp³-hybridized carbons (Fsp3) is 0.278. The van der Waals surface area contributed by atoms with Crippen LogP contribution in [0.25, 0.3) is 16.7 Å². The summed E-state index contributed by atoms with van der Waals surface area (Å²) in [5, 5.41) is 12.4. The highest BCUT2D eigenvalue weighted by atomic mass is 15.4. The summed E-state index contributed by atoms with van der Waals surface area (Å²) >= 11 is 0. The first-order chi connectivity index (χ1) is 12.7. The van der Waals surface area contributed by atoms with Gasteiger partial charge in [-0.1, -0.05) is 12.1 Å². The van der Waals surface area contributed by atoms with Crippen molar-refractivity contribution >= 4 is 28.3 Å². The van der Waals surface area contributed by atoms with E-state index in [1.54, 1.807) is 10.8 Å². The van der Waals surface area contributed by atoms with Crippen molar-refractivity contribution in [3.63, 3.8) is 0 Å². The fourth-order valence-electron chi connectivity index (χ4n) is 3.36. The average Bonchev–Trinajstić information content (AvgIpc) is 3.07. The largest absolute Gasteiger partial charge is 0.352 e. The normalized spacial score (nSPS) is 14.8. The first-order valence-electron chi connectivity index (χ1n) is 8.57. The Morgan fingerprint density at radius 3 is 2.62 bits per heavy atom. The van der Waals surface area contributed by atoms with Crippen LogP contribution in [-0.2, 0) is 0 Å². The highest BCUT2D eigenvalue weighted by Crippen LogP contribution is 2.26. The Labute approximate surface area is 150 Å². The molecule has 4 aromatic rings. The molecular formula is C18H18N8. The maximum atomic E-state index is 4.82. The van der Waals surface area contributed by atoms with Crippen molar-refractivity contribution in [2.45, 2.75) is 13.0 Å². The summed E-state index contributed by atoms with van der Waals surface area (Å²) in [5.41, 5.74) is 3.57. The second-order valence-electron chi connectivity index (χ2n) is 6.62. The lowest BCUT2D eigenvalue weighted by atomic mass is 10.1. The molecule has 0 N–H and O–H groups in total. The van der Waals surface area contributed by atoms with Gasteiger partial charge < -0.3 is 9.80 Å². The molecule has 1 aliphatic rings. The van der Waals surface area contributed by atoms with Crippen molar-refractivity contribution in [3.8, 4) is 0 Å². The third-order valence-electron chi connectivity index (χ3n) is 4.94. The third kappa shape index (κ3) is 2.33. The summed E-state index contributed by atoms with van der Waals surface area (Å²) in [6.45, 7) is 3.80. The molecule has 0 atom stereocenters. The standard InChI is InChI=1S/C18H18N8/c1-12-18(21-15-6-4-3-5-14(15)20-12)24(2)13-9-25(10-13)17-8-7-16-22-19-11-26(16)23-17/h3-8,11,13H,9-10H2,1-2H3. The number of nitrogens with zero attached hydrogens (tertiary/aromatic N) is 8. The minimum atomic E-state index is 0.377. The molecule has 0 radical (unpaired) electrons. The molecule has 1 aliphatic heterocycles. The third-order valence-corrected chi connectivity index (χ3v) is 4.94. The van der Waals surface area contributed by atoms with Crippen LogP contribution in [0.1, 0.15) is 5.69 Å². The van der Waals surface area contributed by atoms with E-state index in [2.05, 4.69) is 32.1 Å². The van der Waals surface area contributed by atoms with E-state index < -0.39 is 0 Å². The predicted octanol–water partition coefficient (Wildman–Crippen LogP) is 1.70. The van der Waals surface area contributed by atoms with Crippen LogP contribution in [0.2, 0.25) is 0 Å². The monoisotopic (exact) mass is 346 g/mol. The van der Waals surface area contributed by atoms with E-state index in [4.69, 9.17) is 9.97 Å².